The summed E-state index contributed by atoms with van der Waals surface area (Å²) in [5.41, 5.74) is 3.35. The number of pyridine rings is 1. The number of benzene rings is 4. The van der Waals surface area contributed by atoms with Gasteiger partial charge in [0.2, 0.25) is 5.75 Å². The van der Waals surface area contributed by atoms with Crippen LogP contribution in [0.3, 0.4) is 0 Å². The fourth-order valence-electron chi connectivity index (χ4n) is 4.18. The van der Waals surface area contributed by atoms with Crippen LogP contribution in [0.1, 0.15) is 15.9 Å². The van der Waals surface area contributed by atoms with Crippen molar-refractivity contribution in [2.24, 2.45) is 0 Å². The van der Waals surface area contributed by atoms with E-state index in [-0.39, 0.29) is 23.6 Å². The van der Waals surface area contributed by atoms with Crippen molar-refractivity contribution in [3.05, 3.63) is 124 Å². The molecule has 0 aliphatic heterocycles. The zero-order valence-electron chi connectivity index (χ0n) is 20.2. The van der Waals surface area contributed by atoms with E-state index in [4.69, 9.17) is 4.74 Å². The average molecular weight is 506 g/mol. The lowest BCUT2D eigenvalue weighted by molar-refractivity contribution is -0.385. The van der Waals surface area contributed by atoms with Gasteiger partial charge in [0.05, 0.1) is 27.9 Å². The Labute approximate surface area is 218 Å². The van der Waals surface area contributed by atoms with E-state index in [0.29, 0.717) is 11.9 Å². The number of carbonyl (C=O) groups is 1. The molecule has 5 rings (SSSR count). The highest BCUT2D eigenvalue weighted by atomic mass is 16.6. The monoisotopic (exact) mass is 505 g/mol. The van der Waals surface area contributed by atoms with Crippen LogP contribution in [0.25, 0.3) is 27.8 Å². The van der Waals surface area contributed by atoms with Gasteiger partial charge in [0.15, 0.2) is 0 Å². The molecule has 1 aromatic heterocycles. The van der Waals surface area contributed by atoms with Crippen LogP contribution in [0, 0.1) is 10.1 Å². The van der Waals surface area contributed by atoms with Crippen LogP contribution in [0.5, 0.6) is 5.75 Å². The lowest BCUT2D eigenvalue weighted by Gasteiger charge is -2.14. The quantitative estimate of drug-likeness (QED) is 0.172. The minimum absolute atomic E-state index is 0.0730. The Morgan fingerprint density at radius 3 is 2.47 bits per heavy atom. The van der Waals surface area contributed by atoms with Crippen molar-refractivity contribution in [3.8, 4) is 5.75 Å². The van der Waals surface area contributed by atoms with Gasteiger partial charge in [0, 0.05) is 23.4 Å². The zero-order valence-corrected chi connectivity index (χ0v) is 20.2. The maximum Gasteiger partial charge on any atom is 0.335 e. The van der Waals surface area contributed by atoms with Crippen LogP contribution in [0.4, 0.5) is 11.4 Å². The second-order valence-corrected chi connectivity index (χ2v) is 8.68. The number of carboxylic acids is 1. The maximum atomic E-state index is 11.7. The topological polar surface area (TPSA) is 115 Å². The van der Waals surface area contributed by atoms with E-state index >= 15 is 0 Å². The Balaban J connectivity index is 1.44. The van der Waals surface area contributed by atoms with Gasteiger partial charge in [-0.1, -0.05) is 60.7 Å². The molecule has 5 aromatic rings. The van der Waals surface area contributed by atoms with Gasteiger partial charge in [0.25, 0.3) is 0 Å². The fourth-order valence-corrected chi connectivity index (χ4v) is 4.18. The second kappa shape index (κ2) is 10.8. The molecule has 0 spiro atoms. The number of hydrogen-bond donors (Lipinski definition) is 2. The number of aromatic nitrogens is 1. The Morgan fingerprint density at radius 2 is 1.71 bits per heavy atom. The first-order valence-electron chi connectivity index (χ1n) is 11.9. The zero-order chi connectivity index (χ0) is 26.5. The lowest BCUT2D eigenvalue weighted by Crippen LogP contribution is -2.12. The first-order chi connectivity index (χ1) is 18.5. The number of nitrogens with one attached hydrogen (secondary N) is 1. The normalized spacial score (nSPS) is 11.4. The standard InChI is InChI=1S/C30H23N3O5/c34-30(35)23-11-9-20(10-12-23)15-21(17-31-25-16-24-6-2-4-8-27(24)32-18-25)19-38-29-26-7-3-1-5-22(26)13-14-28(29)33(36)37/h1-16,18,31H,17,19H2,(H,34,35). The van der Waals surface area contributed by atoms with Crippen molar-refractivity contribution < 1.29 is 19.6 Å². The van der Waals surface area contributed by atoms with Crippen molar-refractivity contribution in [2.75, 3.05) is 18.5 Å². The molecule has 8 nitrogen and oxygen atoms in total. The molecule has 0 saturated carbocycles. The number of carboxylic acid groups (broad SMARTS) is 1. The third-order valence-electron chi connectivity index (χ3n) is 6.10. The molecule has 8 heteroatoms. The number of fused-ring (bicyclic) bond motifs is 2. The number of nitrogens with zero attached hydrogens (tertiary/aromatic N) is 2. The number of aromatic carboxylic acids is 1. The predicted molar refractivity (Wildman–Crippen MR) is 148 cm³/mol. The Kier molecular flexibility index (Phi) is 6.95. The van der Waals surface area contributed by atoms with Gasteiger partial charge in [-0.15, -0.1) is 0 Å². The van der Waals surface area contributed by atoms with Gasteiger partial charge >= 0.3 is 11.7 Å². The Bertz CT molecular complexity index is 1680. The molecule has 188 valence electrons. The summed E-state index contributed by atoms with van der Waals surface area (Å²) in [6, 6.07) is 26.8. The highest BCUT2D eigenvalue weighted by molar-refractivity contribution is 5.92. The molecule has 0 aliphatic rings. The molecule has 1 heterocycles. The average Bonchev–Trinajstić information content (AvgIpc) is 2.94. The van der Waals surface area contributed by atoms with Crippen molar-refractivity contribution in [2.45, 2.75) is 0 Å². The molecule has 0 atom stereocenters. The van der Waals surface area contributed by atoms with Crippen molar-refractivity contribution in [1.29, 1.82) is 0 Å². The largest absolute Gasteiger partial charge is 0.482 e. The molecule has 4 aromatic carbocycles. The van der Waals surface area contributed by atoms with Gasteiger partial charge in [0.1, 0.15) is 6.61 Å². The molecular weight excluding hydrogens is 482 g/mol. The smallest absolute Gasteiger partial charge is 0.335 e. The van der Waals surface area contributed by atoms with E-state index < -0.39 is 10.9 Å². The second-order valence-electron chi connectivity index (χ2n) is 8.68. The highest BCUT2D eigenvalue weighted by Gasteiger charge is 2.19. The molecule has 0 amide bonds. The summed E-state index contributed by atoms with van der Waals surface area (Å²) in [6.45, 7) is 0.447. The van der Waals surface area contributed by atoms with Crippen molar-refractivity contribution in [3.63, 3.8) is 0 Å². The van der Waals surface area contributed by atoms with E-state index in [1.54, 1.807) is 30.5 Å². The minimum Gasteiger partial charge on any atom is -0.482 e. The van der Waals surface area contributed by atoms with Crippen LogP contribution >= 0.6 is 0 Å². The number of rotatable bonds is 9. The van der Waals surface area contributed by atoms with Gasteiger partial charge in [-0.05, 0) is 46.9 Å². The SMILES string of the molecule is O=C(O)c1ccc(C=C(CNc2cnc3ccccc3c2)COc2c([N+](=O)[O-])ccc3ccccc23)cc1. The molecule has 2 N–H and O–H groups in total. The summed E-state index contributed by atoms with van der Waals surface area (Å²) in [5, 5.41) is 26.8. The van der Waals surface area contributed by atoms with Crippen LogP contribution in [0.15, 0.2) is 103 Å². The molecule has 0 unspecified atom stereocenters. The maximum absolute atomic E-state index is 11.7. The summed E-state index contributed by atoms with van der Waals surface area (Å²) in [6.07, 6.45) is 3.63. The van der Waals surface area contributed by atoms with Gasteiger partial charge in [-0.25, -0.2) is 4.79 Å². The molecule has 38 heavy (non-hydrogen) atoms. The predicted octanol–water partition coefficient (Wildman–Crippen LogP) is 6.57. The van der Waals surface area contributed by atoms with Gasteiger partial charge < -0.3 is 15.2 Å². The number of nitro benzene ring substituents is 1. The summed E-state index contributed by atoms with van der Waals surface area (Å²) < 4.78 is 6.11. The van der Waals surface area contributed by atoms with Crippen LogP contribution in [-0.4, -0.2) is 34.1 Å². The molecular formula is C30H23N3O5. The summed E-state index contributed by atoms with van der Waals surface area (Å²) in [7, 11) is 0. The van der Waals surface area contributed by atoms with Crippen LogP contribution in [-0.2, 0) is 0 Å². The van der Waals surface area contributed by atoms with Crippen molar-refractivity contribution >= 4 is 45.1 Å². The van der Waals surface area contributed by atoms with E-state index in [2.05, 4.69) is 10.3 Å². The van der Waals surface area contributed by atoms with Crippen molar-refractivity contribution in [1.82, 2.24) is 4.98 Å². The Hall–Kier alpha value is -5.24. The van der Waals surface area contributed by atoms with E-state index in [1.165, 1.54) is 18.2 Å². The van der Waals surface area contributed by atoms with E-state index in [0.717, 1.165) is 33.1 Å². The number of para-hydroxylation sites is 1. The van der Waals surface area contributed by atoms with Gasteiger partial charge in [-0.2, -0.15) is 0 Å². The lowest BCUT2D eigenvalue weighted by atomic mass is 10.1. The molecule has 0 fully saturated rings. The Morgan fingerprint density at radius 1 is 0.974 bits per heavy atom. The van der Waals surface area contributed by atoms with E-state index in [9.17, 15) is 20.0 Å². The summed E-state index contributed by atoms with van der Waals surface area (Å²) in [5.74, 6) is -0.801. The number of nitro groups is 1. The third-order valence-corrected chi connectivity index (χ3v) is 6.10. The molecule has 0 aliphatic carbocycles. The number of ether oxygens (including phenoxy) is 1. The molecule has 0 bridgehead atoms. The van der Waals surface area contributed by atoms with Gasteiger partial charge in [-0.3, -0.25) is 15.1 Å². The molecule has 0 radical (unpaired) electrons. The first-order valence-corrected chi connectivity index (χ1v) is 11.9. The summed E-state index contributed by atoms with van der Waals surface area (Å²) >= 11 is 0. The van der Waals surface area contributed by atoms with E-state index in [1.807, 2.05) is 54.6 Å². The molecule has 0 saturated heterocycles. The fraction of sp³-hybridized carbons (Fsp3) is 0.0667. The minimum atomic E-state index is -1.00. The van der Waals surface area contributed by atoms with Crippen LogP contribution < -0.4 is 10.1 Å². The van der Waals surface area contributed by atoms with Crippen LogP contribution in [0.2, 0.25) is 0 Å². The number of anilines is 1. The highest BCUT2D eigenvalue weighted by Crippen LogP contribution is 2.35. The number of hydrogen-bond acceptors (Lipinski definition) is 6. The third kappa shape index (κ3) is 5.44. The first kappa shape index (κ1) is 24.5. The summed E-state index contributed by atoms with van der Waals surface area (Å²) in [4.78, 5) is 27.0.